The van der Waals surface area contributed by atoms with Gasteiger partial charge in [-0.1, -0.05) is 18.0 Å². The number of hydrogen-bond acceptors (Lipinski definition) is 3. The van der Waals surface area contributed by atoms with Crippen LogP contribution in [0.25, 0.3) is 0 Å². The maximum atomic E-state index is 12.0. The lowest BCUT2D eigenvalue weighted by molar-refractivity contribution is 0.0949. The Labute approximate surface area is 131 Å². The molecule has 116 valence electrons. The van der Waals surface area contributed by atoms with Crippen molar-refractivity contribution in [1.82, 2.24) is 10.2 Å². The van der Waals surface area contributed by atoms with Gasteiger partial charge < -0.3 is 16.0 Å². The normalized spacial score (nSPS) is 19.4. The molecule has 0 spiro atoms. The van der Waals surface area contributed by atoms with Gasteiger partial charge in [0.2, 0.25) is 0 Å². The topological polar surface area (TPSA) is 58.4 Å². The summed E-state index contributed by atoms with van der Waals surface area (Å²) in [5.74, 6) is -0.115. The molecule has 1 fully saturated rings. The minimum atomic E-state index is -0.115. The van der Waals surface area contributed by atoms with Gasteiger partial charge in [-0.2, -0.15) is 0 Å². The van der Waals surface area contributed by atoms with Gasteiger partial charge in [0.25, 0.3) is 5.91 Å². The van der Waals surface area contributed by atoms with E-state index in [-0.39, 0.29) is 5.91 Å². The quantitative estimate of drug-likeness (QED) is 0.649. The highest BCUT2D eigenvalue weighted by Crippen LogP contribution is 2.17. The Bertz CT molecular complexity index is 472. The predicted molar refractivity (Wildman–Crippen MR) is 87.7 cm³/mol. The average Bonchev–Trinajstić information content (AvgIpc) is 2.44. The molecule has 3 N–H and O–H groups in total. The molecular weight excluding hydrogens is 286 g/mol. The molecule has 4 nitrogen and oxygen atoms in total. The Hall–Kier alpha value is -1.26. The number of nitrogens with one attached hydrogen (secondary N) is 1. The van der Waals surface area contributed by atoms with Gasteiger partial charge in [0.05, 0.1) is 0 Å². The molecule has 1 heterocycles. The van der Waals surface area contributed by atoms with Crippen molar-refractivity contribution < 1.29 is 4.79 Å². The molecule has 0 radical (unpaired) electrons. The summed E-state index contributed by atoms with van der Waals surface area (Å²) >= 11 is 5.91. The smallest absolute Gasteiger partial charge is 0.251 e. The third kappa shape index (κ3) is 4.90. The molecule has 1 saturated heterocycles. The molecule has 1 aliphatic heterocycles. The van der Waals surface area contributed by atoms with Crippen molar-refractivity contribution in [3.05, 3.63) is 28.8 Å². The highest BCUT2D eigenvalue weighted by Gasteiger charge is 2.17. The first-order valence-electron chi connectivity index (χ1n) is 7.64. The van der Waals surface area contributed by atoms with E-state index in [1.165, 1.54) is 25.8 Å². The molecule has 21 heavy (non-hydrogen) atoms. The van der Waals surface area contributed by atoms with E-state index in [1.807, 2.05) is 0 Å². The Morgan fingerprint density at radius 2 is 2.24 bits per heavy atom. The van der Waals surface area contributed by atoms with Crippen molar-refractivity contribution in [2.75, 3.05) is 25.4 Å². The maximum Gasteiger partial charge on any atom is 0.251 e. The van der Waals surface area contributed by atoms with Crippen molar-refractivity contribution in [1.29, 1.82) is 0 Å². The molecule has 1 amide bonds. The first-order valence-corrected chi connectivity index (χ1v) is 8.02. The Kier molecular flexibility index (Phi) is 5.88. The maximum absolute atomic E-state index is 12.0. The Balaban J connectivity index is 1.74. The molecule has 1 unspecified atom stereocenters. The minimum Gasteiger partial charge on any atom is -0.399 e. The molecule has 5 heteroatoms. The van der Waals surface area contributed by atoms with Crippen LogP contribution in [0.15, 0.2) is 18.2 Å². The molecule has 1 aromatic rings. The zero-order valence-electron chi connectivity index (χ0n) is 12.6. The van der Waals surface area contributed by atoms with Crippen molar-refractivity contribution in [2.45, 2.75) is 38.6 Å². The highest BCUT2D eigenvalue weighted by atomic mass is 35.5. The molecule has 0 aliphatic carbocycles. The van der Waals surface area contributed by atoms with E-state index < -0.39 is 0 Å². The molecule has 1 aromatic carbocycles. The van der Waals surface area contributed by atoms with Gasteiger partial charge in [-0.05, 0) is 50.9 Å². The molecule has 0 saturated carbocycles. The number of amides is 1. The van der Waals surface area contributed by atoms with Crippen LogP contribution in [-0.2, 0) is 0 Å². The lowest BCUT2D eigenvalue weighted by atomic mass is 10.0. The van der Waals surface area contributed by atoms with E-state index in [0.29, 0.717) is 28.9 Å². The lowest BCUT2D eigenvalue weighted by Gasteiger charge is -2.33. The van der Waals surface area contributed by atoms with Crippen LogP contribution in [0.4, 0.5) is 5.69 Å². The first kappa shape index (κ1) is 16.1. The van der Waals surface area contributed by atoms with Crippen molar-refractivity contribution >= 4 is 23.2 Å². The van der Waals surface area contributed by atoms with E-state index in [2.05, 4.69) is 17.1 Å². The number of hydrogen-bond donors (Lipinski definition) is 2. The van der Waals surface area contributed by atoms with Crippen LogP contribution >= 0.6 is 11.6 Å². The van der Waals surface area contributed by atoms with Crippen LogP contribution in [0.1, 0.15) is 43.0 Å². The fourth-order valence-electron chi connectivity index (χ4n) is 2.82. The Morgan fingerprint density at radius 1 is 1.43 bits per heavy atom. The zero-order valence-corrected chi connectivity index (χ0v) is 13.3. The second-order valence-electron chi connectivity index (χ2n) is 5.76. The van der Waals surface area contributed by atoms with Gasteiger partial charge in [0.1, 0.15) is 0 Å². The zero-order chi connectivity index (χ0) is 15.2. The molecule has 1 aliphatic rings. The van der Waals surface area contributed by atoms with Crippen LogP contribution < -0.4 is 11.1 Å². The number of anilines is 1. The van der Waals surface area contributed by atoms with Gasteiger partial charge in [-0.25, -0.2) is 0 Å². The monoisotopic (exact) mass is 309 g/mol. The number of benzene rings is 1. The number of nitrogen functional groups attached to an aromatic ring is 1. The number of halogens is 1. The largest absolute Gasteiger partial charge is 0.399 e. The number of rotatable bonds is 5. The number of nitrogens with two attached hydrogens (primary N) is 1. The highest BCUT2D eigenvalue weighted by molar-refractivity contribution is 6.31. The molecular formula is C16H24ClN3O. The molecule has 2 rings (SSSR count). The summed E-state index contributed by atoms with van der Waals surface area (Å²) in [6.45, 7) is 5.18. The predicted octanol–water partition coefficient (Wildman–Crippen LogP) is 2.92. The summed E-state index contributed by atoms with van der Waals surface area (Å²) in [5, 5.41) is 3.42. The SMILES string of the molecule is CC1CCCCN1CCCNC(=O)c1cc(N)cc(Cl)c1. The second-order valence-corrected chi connectivity index (χ2v) is 6.20. The van der Waals surface area contributed by atoms with Crippen molar-refractivity contribution in [3.63, 3.8) is 0 Å². The first-order chi connectivity index (χ1) is 10.1. The van der Waals surface area contributed by atoms with Gasteiger partial charge in [-0.3, -0.25) is 4.79 Å². The summed E-state index contributed by atoms with van der Waals surface area (Å²) in [4.78, 5) is 14.5. The fraction of sp³-hybridized carbons (Fsp3) is 0.562. The third-order valence-electron chi connectivity index (χ3n) is 4.03. The summed E-state index contributed by atoms with van der Waals surface area (Å²) < 4.78 is 0. The van der Waals surface area contributed by atoms with Crippen molar-refractivity contribution in [3.8, 4) is 0 Å². The molecule has 1 atom stereocenters. The van der Waals surface area contributed by atoms with E-state index in [4.69, 9.17) is 17.3 Å². The van der Waals surface area contributed by atoms with Crippen LogP contribution in [0, 0.1) is 0 Å². The van der Waals surface area contributed by atoms with E-state index >= 15 is 0 Å². The van der Waals surface area contributed by atoms with Crippen LogP contribution in [0.5, 0.6) is 0 Å². The standard InChI is InChI=1S/C16H24ClN3O/c1-12-5-2-3-7-20(12)8-4-6-19-16(21)13-9-14(17)11-15(18)10-13/h9-12H,2-8,18H2,1H3,(H,19,21). The summed E-state index contributed by atoms with van der Waals surface area (Å²) in [6, 6.07) is 5.59. The van der Waals surface area contributed by atoms with Crippen LogP contribution in [0.2, 0.25) is 5.02 Å². The van der Waals surface area contributed by atoms with Crippen LogP contribution in [0.3, 0.4) is 0 Å². The summed E-state index contributed by atoms with van der Waals surface area (Å²) in [6.07, 6.45) is 4.88. The van der Waals surface area contributed by atoms with E-state index in [0.717, 1.165) is 13.0 Å². The minimum absolute atomic E-state index is 0.115. The Morgan fingerprint density at radius 3 is 2.95 bits per heavy atom. The second kappa shape index (κ2) is 7.66. The van der Waals surface area contributed by atoms with Gasteiger partial charge in [0, 0.05) is 35.4 Å². The fourth-order valence-corrected chi connectivity index (χ4v) is 3.06. The number of likely N-dealkylation sites (tertiary alicyclic amines) is 1. The molecule has 0 bridgehead atoms. The average molecular weight is 310 g/mol. The van der Waals surface area contributed by atoms with E-state index in [1.54, 1.807) is 18.2 Å². The van der Waals surface area contributed by atoms with E-state index in [9.17, 15) is 4.79 Å². The van der Waals surface area contributed by atoms with Crippen molar-refractivity contribution in [2.24, 2.45) is 0 Å². The third-order valence-corrected chi connectivity index (χ3v) is 4.25. The number of nitrogens with zero attached hydrogens (tertiary/aromatic N) is 1. The number of carbonyl (C=O) groups is 1. The molecule has 0 aromatic heterocycles. The lowest BCUT2D eigenvalue weighted by Crippen LogP contribution is -2.39. The summed E-state index contributed by atoms with van der Waals surface area (Å²) in [5.41, 5.74) is 6.72. The number of piperidine rings is 1. The van der Waals surface area contributed by atoms with Gasteiger partial charge in [0.15, 0.2) is 0 Å². The number of carbonyl (C=O) groups excluding carboxylic acids is 1. The van der Waals surface area contributed by atoms with Crippen LogP contribution in [-0.4, -0.2) is 36.5 Å². The van der Waals surface area contributed by atoms with Gasteiger partial charge >= 0.3 is 0 Å². The summed E-state index contributed by atoms with van der Waals surface area (Å²) in [7, 11) is 0. The van der Waals surface area contributed by atoms with Gasteiger partial charge in [-0.15, -0.1) is 0 Å².